The molecule has 9 heteroatoms. The molecule has 140 valence electrons. The van der Waals surface area contributed by atoms with Gasteiger partial charge in [-0.15, -0.1) is 0 Å². The number of hydrogen-bond acceptors (Lipinski definition) is 7. The molecule has 2 aromatic heterocycles. The lowest BCUT2D eigenvalue weighted by Gasteiger charge is -2.13. The predicted molar refractivity (Wildman–Crippen MR) is 91.6 cm³/mol. The van der Waals surface area contributed by atoms with Gasteiger partial charge in [-0.1, -0.05) is 0 Å². The van der Waals surface area contributed by atoms with Gasteiger partial charge in [0, 0.05) is 23.9 Å². The minimum Gasteiger partial charge on any atom is -0.453 e. The van der Waals surface area contributed by atoms with Gasteiger partial charge >= 0.3 is 12.1 Å². The lowest BCUT2D eigenvalue weighted by Crippen LogP contribution is -2.39. The van der Waals surface area contributed by atoms with E-state index in [2.05, 4.69) is 14.8 Å². The third-order valence-electron chi connectivity index (χ3n) is 3.95. The maximum atomic E-state index is 12.0. The first kappa shape index (κ1) is 19.4. The van der Waals surface area contributed by atoms with Gasteiger partial charge in [0.25, 0.3) is 5.91 Å². The molecule has 0 bridgehead atoms. The van der Waals surface area contributed by atoms with Crippen molar-refractivity contribution in [1.29, 1.82) is 0 Å². The number of nitrogens with one attached hydrogen (secondary N) is 1. The monoisotopic (exact) mass is 362 g/mol. The zero-order valence-electron chi connectivity index (χ0n) is 15.5. The number of imide groups is 1. The lowest BCUT2D eigenvalue weighted by molar-refractivity contribution is -0.154. The number of fused-ring (bicyclic) bond motifs is 1. The van der Waals surface area contributed by atoms with Crippen molar-refractivity contribution in [2.45, 2.75) is 46.6 Å². The van der Waals surface area contributed by atoms with Crippen molar-refractivity contribution in [3.8, 4) is 0 Å². The highest BCUT2D eigenvalue weighted by Crippen LogP contribution is 2.17. The standard InChI is InChI=1S/C17H22N4O5/c1-9-8-14-18-10(2)13(11(3)21(14)20-9)6-7-15(22)26-12(4)16(23)19-17(24)25-5/h8,12H,6-7H2,1-5H3,(H,19,23,24)/t12-/m0/s1. The molecular weight excluding hydrogens is 340 g/mol. The summed E-state index contributed by atoms with van der Waals surface area (Å²) < 4.78 is 11.1. The van der Waals surface area contributed by atoms with Crippen molar-refractivity contribution in [3.63, 3.8) is 0 Å². The van der Waals surface area contributed by atoms with Crippen LogP contribution in [0.25, 0.3) is 5.65 Å². The van der Waals surface area contributed by atoms with Crippen LogP contribution in [-0.2, 0) is 25.5 Å². The molecule has 0 aliphatic heterocycles. The van der Waals surface area contributed by atoms with Crippen molar-refractivity contribution < 1.29 is 23.9 Å². The second-order valence-corrected chi connectivity index (χ2v) is 5.93. The number of rotatable bonds is 5. The Hall–Kier alpha value is -2.97. The molecule has 0 spiro atoms. The summed E-state index contributed by atoms with van der Waals surface area (Å²) in [6, 6.07) is 1.89. The Balaban J connectivity index is 2.00. The average Bonchev–Trinajstić information content (AvgIpc) is 2.94. The van der Waals surface area contributed by atoms with Crippen molar-refractivity contribution in [2.75, 3.05) is 7.11 Å². The third kappa shape index (κ3) is 4.35. The van der Waals surface area contributed by atoms with Gasteiger partial charge in [-0.2, -0.15) is 5.10 Å². The van der Waals surface area contributed by atoms with Crippen LogP contribution in [-0.4, -0.2) is 45.8 Å². The summed E-state index contributed by atoms with van der Waals surface area (Å²) in [5.41, 5.74) is 4.26. The number of aromatic nitrogens is 3. The van der Waals surface area contributed by atoms with Gasteiger partial charge in [0.2, 0.25) is 0 Å². The molecule has 2 amide bonds. The van der Waals surface area contributed by atoms with E-state index >= 15 is 0 Å². The molecule has 0 unspecified atom stereocenters. The van der Waals surface area contributed by atoms with E-state index in [9.17, 15) is 14.4 Å². The first-order chi connectivity index (χ1) is 12.2. The Kier molecular flexibility index (Phi) is 5.91. The summed E-state index contributed by atoms with van der Waals surface area (Å²) in [4.78, 5) is 39.2. The summed E-state index contributed by atoms with van der Waals surface area (Å²) >= 11 is 0. The highest BCUT2D eigenvalue weighted by molar-refractivity contribution is 5.94. The van der Waals surface area contributed by atoms with Crippen molar-refractivity contribution in [3.05, 3.63) is 28.7 Å². The van der Waals surface area contributed by atoms with Crippen LogP contribution in [0.5, 0.6) is 0 Å². The Morgan fingerprint density at radius 2 is 1.96 bits per heavy atom. The summed E-state index contributed by atoms with van der Waals surface area (Å²) in [6.45, 7) is 7.07. The molecule has 0 aliphatic carbocycles. The molecule has 0 saturated carbocycles. The van der Waals surface area contributed by atoms with E-state index in [4.69, 9.17) is 4.74 Å². The SMILES string of the molecule is COC(=O)NC(=O)[C@H](C)OC(=O)CCc1c(C)nc2cc(C)nn2c1C. The molecule has 26 heavy (non-hydrogen) atoms. The lowest BCUT2D eigenvalue weighted by atomic mass is 10.1. The number of nitrogens with zero attached hydrogens (tertiary/aromatic N) is 3. The number of methoxy groups -OCH3 is 1. The smallest absolute Gasteiger partial charge is 0.413 e. The topological polar surface area (TPSA) is 112 Å². The van der Waals surface area contributed by atoms with Crippen LogP contribution in [0.2, 0.25) is 0 Å². The molecule has 0 aliphatic rings. The van der Waals surface area contributed by atoms with E-state index < -0.39 is 24.1 Å². The zero-order valence-corrected chi connectivity index (χ0v) is 15.5. The van der Waals surface area contributed by atoms with Crippen LogP contribution in [0.15, 0.2) is 6.07 Å². The van der Waals surface area contributed by atoms with Crippen LogP contribution in [0.3, 0.4) is 0 Å². The van der Waals surface area contributed by atoms with Gasteiger partial charge < -0.3 is 9.47 Å². The zero-order chi connectivity index (χ0) is 19.4. The molecule has 1 N–H and O–H groups in total. The van der Waals surface area contributed by atoms with Gasteiger partial charge in [0.15, 0.2) is 11.8 Å². The van der Waals surface area contributed by atoms with E-state index in [0.717, 1.165) is 35.4 Å². The number of ether oxygens (including phenoxy) is 2. The summed E-state index contributed by atoms with van der Waals surface area (Å²) in [6.07, 6.45) is -1.52. The highest BCUT2D eigenvalue weighted by Gasteiger charge is 2.21. The fraction of sp³-hybridized carbons (Fsp3) is 0.471. The molecular formula is C17H22N4O5. The Bertz CT molecular complexity index is 858. The van der Waals surface area contributed by atoms with Gasteiger partial charge in [0.05, 0.1) is 12.8 Å². The Morgan fingerprint density at radius 1 is 1.27 bits per heavy atom. The Labute approximate surface area is 150 Å². The van der Waals surface area contributed by atoms with E-state index in [1.54, 1.807) is 4.52 Å². The molecule has 0 radical (unpaired) electrons. The fourth-order valence-corrected chi connectivity index (χ4v) is 2.59. The summed E-state index contributed by atoms with van der Waals surface area (Å²) in [5, 5.41) is 6.34. The second kappa shape index (κ2) is 7.94. The van der Waals surface area contributed by atoms with E-state index in [1.165, 1.54) is 6.92 Å². The molecule has 2 aromatic rings. The molecule has 1 atom stereocenters. The quantitative estimate of drug-likeness (QED) is 0.800. The predicted octanol–water partition coefficient (Wildman–Crippen LogP) is 1.40. The van der Waals surface area contributed by atoms with Gasteiger partial charge in [0.1, 0.15) is 0 Å². The molecule has 2 heterocycles. The number of alkyl carbamates (subject to hydrolysis) is 1. The maximum Gasteiger partial charge on any atom is 0.413 e. The Morgan fingerprint density at radius 3 is 2.62 bits per heavy atom. The van der Waals surface area contributed by atoms with E-state index in [1.807, 2.05) is 32.2 Å². The number of carbonyl (C=O) groups excluding carboxylic acids is 3. The van der Waals surface area contributed by atoms with Crippen LogP contribution in [0.4, 0.5) is 4.79 Å². The summed E-state index contributed by atoms with van der Waals surface area (Å²) in [7, 11) is 1.13. The number of aryl methyl sites for hydroxylation is 3. The van der Waals surface area contributed by atoms with E-state index in [-0.39, 0.29) is 6.42 Å². The summed E-state index contributed by atoms with van der Waals surface area (Å²) in [5.74, 6) is -1.29. The van der Waals surface area contributed by atoms with Crippen molar-refractivity contribution in [2.24, 2.45) is 0 Å². The molecule has 0 saturated heterocycles. The van der Waals surface area contributed by atoms with Crippen LogP contribution >= 0.6 is 0 Å². The van der Waals surface area contributed by atoms with Crippen LogP contribution in [0.1, 0.15) is 36.0 Å². The van der Waals surface area contributed by atoms with Gasteiger partial charge in [-0.05, 0) is 39.7 Å². The fourth-order valence-electron chi connectivity index (χ4n) is 2.59. The minimum absolute atomic E-state index is 0.0744. The average molecular weight is 362 g/mol. The molecule has 0 fully saturated rings. The molecule has 0 aromatic carbocycles. The van der Waals surface area contributed by atoms with Crippen molar-refractivity contribution >= 4 is 23.6 Å². The molecule has 9 nitrogen and oxygen atoms in total. The van der Waals surface area contributed by atoms with Crippen LogP contribution in [0, 0.1) is 20.8 Å². The van der Waals surface area contributed by atoms with Gasteiger partial charge in [-0.25, -0.2) is 14.3 Å². The number of esters is 1. The minimum atomic E-state index is -1.10. The first-order valence-corrected chi connectivity index (χ1v) is 8.13. The third-order valence-corrected chi connectivity index (χ3v) is 3.95. The normalized spacial score (nSPS) is 11.9. The molecule has 2 rings (SSSR count). The maximum absolute atomic E-state index is 12.0. The first-order valence-electron chi connectivity index (χ1n) is 8.13. The number of hydrogen-bond donors (Lipinski definition) is 1. The number of amides is 2. The number of carbonyl (C=O) groups is 3. The largest absolute Gasteiger partial charge is 0.453 e. The highest BCUT2D eigenvalue weighted by atomic mass is 16.6. The van der Waals surface area contributed by atoms with E-state index in [0.29, 0.717) is 6.42 Å². The van der Waals surface area contributed by atoms with Gasteiger partial charge in [-0.3, -0.25) is 14.9 Å². The van der Waals surface area contributed by atoms with Crippen LogP contribution < -0.4 is 5.32 Å². The van der Waals surface area contributed by atoms with Crippen molar-refractivity contribution in [1.82, 2.24) is 19.9 Å². The second-order valence-electron chi connectivity index (χ2n) is 5.93.